The number of halogens is 1. The Labute approximate surface area is 186 Å². The molecule has 1 heterocycles. The lowest BCUT2D eigenvalue weighted by molar-refractivity contribution is -0.116. The molecule has 154 valence electrons. The van der Waals surface area contributed by atoms with Crippen LogP contribution in [0.25, 0.3) is 0 Å². The Morgan fingerprint density at radius 3 is 2.39 bits per heavy atom. The third-order valence-electron chi connectivity index (χ3n) is 5.86. The standard InChI is InChI=1S/C26H21ClN2O2/c27-19-15-13-17(14-16-19)25-24-21(10-6-12-23(24)30)28-20-9-4-5-11-22(20)29(25)26(31)18-7-2-1-3-8-18/h1-5,7-9,11,13-16,25,28H,6,10,12H2. The molecule has 3 aromatic rings. The van der Waals surface area contributed by atoms with E-state index in [9.17, 15) is 9.59 Å². The number of anilines is 2. The first-order chi connectivity index (χ1) is 15.1. The average Bonchev–Trinajstić information content (AvgIpc) is 2.95. The van der Waals surface area contributed by atoms with Crippen molar-refractivity contribution in [2.24, 2.45) is 0 Å². The number of ketones is 1. The first-order valence-electron chi connectivity index (χ1n) is 10.4. The molecule has 1 unspecified atom stereocenters. The van der Waals surface area contributed by atoms with E-state index in [2.05, 4.69) is 5.32 Å². The van der Waals surface area contributed by atoms with Crippen LogP contribution in [-0.4, -0.2) is 11.7 Å². The molecule has 0 bridgehead atoms. The quantitative estimate of drug-likeness (QED) is 0.531. The Kier molecular flexibility index (Phi) is 5.08. The Balaban J connectivity index is 1.78. The Morgan fingerprint density at radius 1 is 0.903 bits per heavy atom. The molecule has 1 amide bonds. The SMILES string of the molecule is O=C1CCCC2=C1C(c1ccc(Cl)cc1)N(C(=O)c1ccccc1)c1ccccc1N2. The van der Waals surface area contributed by atoms with Crippen LogP contribution < -0.4 is 10.2 Å². The van der Waals surface area contributed by atoms with Gasteiger partial charge in [0.05, 0.1) is 17.4 Å². The van der Waals surface area contributed by atoms with Crippen molar-refractivity contribution >= 4 is 34.7 Å². The zero-order valence-electron chi connectivity index (χ0n) is 16.8. The van der Waals surface area contributed by atoms with E-state index in [1.807, 2.05) is 54.6 Å². The molecule has 0 saturated heterocycles. The third-order valence-corrected chi connectivity index (χ3v) is 6.11. The number of para-hydroxylation sites is 2. The summed E-state index contributed by atoms with van der Waals surface area (Å²) >= 11 is 6.15. The van der Waals surface area contributed by atoms with Crippen LogP contribution in [-0.2, 0) is 4.79 Å². The molecule has 1 N–H and O–H groups in total. The molecule has 1 aliphatic carbocycles. The number of nitrogens with zero attached hydrogens (tertiary/aromatic N) is 1. The monoisotopic (exact) mass is 428 g/mol. The molecule has 5 heteroatoms. The molecule has 0 fully saturated rings. The van der Waals surface area contributed by atoms with E-state index >= 15 is 0 Å². The normalized spacial score (nSPS) is 18.0. The highest BCUT2D eigenvalue weighted by Crippen LogP contribution is 2.45. The molecule has 1 atom stereocenters. The first kappa shape index (κ1) is 19.6. The Hall–Kier alpha value is -3.37. The predicted molar refractivity (Wildman–Crippen MR) is 123 cm³/mol. The number of carbonyl (C=O) groups excluding carboxylic acids is 2. The van der Waals surface area contributed by atoms with Crippen molar-refractivity contribution in [1.29, 1.82) is 0 Å². The smallest absolute Gasteiger partial charge is 0.259 e. The maximum atomic E-state index is 13.9. The summed E-state index contributed by atoms with van der Waals surface area (Å²) in [5.41, 5.74) is 4.56. The van der Waals surface area contributed by atoms with Crippen molar-refractivity contribution in [3.63, 3.8) is 0 Å². The lowest BCUT2D eigenvalue weighted by atomic mass is 9.85. The summed E-state index contributed by atoms with van der Waals surface area (Å²) in [5, 5.41) is 4.09. The molecule has 0 spiro atoms. The van der Waals surface area contributed by atoms with Crippen LogP contribution in [0.5, 0.6) is 0 Å². The zero-order valence-corrected chi connectivity index (χ0v) is 17.6. The highest BCUT2D eigenvalue weighted by Gasteiger charge is 2.39. The Morgan fingerprint density at radius 2 is 1.61 bits per heavy atom. The second-order valence-electron chi connectivity index (χ2n) is 7.81. The number of amides is 1. The van der Waals surface area contributed by atoms with Crippen LogP contribution in [0, 0.1) is 0 Å². The fraction of sp³-hybridized carbons (Fsp3) is 0.154. The van der Waals surface area contributed by atoms with E-state index in [1.54, 1.807) is 29.2 Å². The van der Waals surface area contributed by atoms with Crippen LogP contribution in [0.1, 0.15) is 41.2 Å². The molecule has 1 aliphatic heterocycles. The van der Waals surface area contributed by atoms with Crippen molar-refractivity contribution < 1.29 is 9.59 Å². The number of carbonyl (C=O) groups is 2. The number of benzene rings is 3. The van der Waals surface area contributed by atoms with Gasteiger partial charge in [-0.05, 0) is 54.8 Å². The largest absolute Gasteiger partial charge is 0.357 e. The van der Waals surface area contributed by atoms with Gasteiger partial charge in [-0.25, -0.2) is 0 Å². The van der Waals surface area contributed by atoms with Crippen molar-refractivity contribution in [3.05, 3.63) is 106 Å². The summed E-state index contributed by atoms with van der Waals surface area (Å²) < 4.78 is 0. The highest BCUT2D eigenvalue weighted by molar-refractivity contribution is 6.30. The molecule has 4 nitrogen and oxygen atoms in total. The molecule has 5 rings (SSSR count). The lowest BCUT2D eigenvalue weighted by Crippen LogP contribution is -2.38. The second kappa shape index (κ2) is 8.05. The van der Waals surface area contributed by atoms with Gasteiger partial charge < -0.3 is 5.32 Å². The highest BCUT2D eigenvalue weighted by atomic mass is 35.5. The minimum atomic E-state index is -0.538. The van der Waals surface area contributed by atoms with Gasteiger partial charge in [-0.3, -0.25) is 14.5 Å². The minimum Gasteiger partial charge on any atom is -0.357 e. The van der Waals surface area contributed by atoms with Crippen molar-refractivity contribution in [1.82, 2.24) is 0 Å². The molecule has 31 heavy (non-hydrogen) atoms. The van der Waals surface area contributed by atoms with E-state index in [0.717, 1.165) is 35.5 Å². The number of nitrogens with one attached hydrogen (secondary N) is 1. The maximum absolute atomic E-state index is 13.9. The van der Waals surface area contributed by atoms with Crippen LogP contribution in [0.3, 0.4) is 0 Å². The van der Waals surface area contributed by atoms with Crippen molar-refractivity contribution in [3.8, 4) is 0 Å². The average molecular weight is 429 g/mol. The van der Waals surface area contributed by atoms with E-state index in [4.69, 9.17) is 11.6 Å². The van der Waals surface area contributed by atoms with E-state index in [-0.39, 0.29) is 11.7 Å². The molecule has 2 aliphatic rings. The summed E-state index contributed by atoms with van der Waals surface area (Å²) in [6.45, 7) is 0. The predicted octanol–water partition coefficient (Wildman–Crippen LogP) is 6.16. The van der Waals surface area contributed by atoms with E-state index in [1.165, 1.54) is 0 Å². The van der Waals surface area contributed by atoms with Crippen molar-refractivity contribution in [2.45, 2.75) is 25.3 Å². The number of fused-ring (bicyclic) bond motifs is 1. The molecule has 3 aromatic carbocycles. The molecular formula is C26H21ClN2O2. The lowest BCUT2D eigenvalue weighted by Gasteiger charge is -2.34. The van der Waals surface area contributed by atoms with Gasteiger partial charge >= 0.3 is 0 Å². The van der Waals surface area contributed by atoms with Gasteiger partial charge in [0.1, 0.15) is 0 Å². The number of allylic oxidation sites excluding steroid dienone is 1. The van der Waals surface area contributed by atoms with Crippen LogP contribution in [0.2, 0.25) is 5.02 Å². The van der Waals surface area contributed by atoms with E-state index in [0.29, 0.717) is 22.6 Å². The molecule has 0 radical (unpaired) electrons. The fourth-order valence-corrected chi connectivity index (χ4v) is 4.56. The second-order valence-corrected chi connectivity index (χ2v) is 8.24. The van der Waals surface area contributed by atoms with E-state index < -0.39 is 6.04 Å². The number of Topliss-reactive ketones (excluding diaryl/α,β-unsaturated/α-hetero) is 1. The summed E-state index contributed by atoms with van der Waals surface area (Å²) in [6.07, 6.45) is 2.05. The molecule has 0 aromatic heterocycles. The van der Waals surface area contributed by atoms with Gasteiger partial charge in [0.2, 0.25) is 0 Å². The minimum absolute atomic E-state index is 0.0763. The third kappa shape index (κ3) is 3.53. The van der Waals surface area contributed by atoms with Gasteiger partial charge in [-0.15, -0.1) is 0 Å². The number of hydrogen-bond donors (Lipinski definition) is 1. The van der Waals surface area contributed by atoms with Gasteiger partial charge in [-0.1, -0.05) is 54.1 Å². The maximum Gasteiger partial charge on any atom is 0.259 e. The topological polar surface area (TPSA) is 49.4 Å². The summed E-state index contributed by atoms with van der Waals surface area (Å²) in [4.78, 5) is 28.9. The fourth-order valence-electron chi connectivity index (χ4n) is 4.44. The van der Waals surface area contributed by atoms with Gasteiger partial charge in [0, 0.05) is 28.3 Å². The zero-order chi connectivity index (χ0) is 21.4. The first-order valence-corrected chi connectivity index (χ1v) is 10.8. The number of hydrogen-bond acceptors (Lipinski definition) is 3. The molecule has 0 saturated carbocycles. The van der Waals surface area contributed by atoms with Crippen molar-refractivity contribution in [2.75, 3.05) is 10.2 Å². The number of rotatable bonds is 2. The van der Waals surface area contributed by atoms with Gasteiger partial charge in [0.15, 0.2) is 5.78 Å². The van der Waals surface area contributed by atoms with Gasteiger partial charge in [0.25, 0.3) is 5.91 Å². The summed E-state index contributed by atoms with van der Waals surface area (Å²) in [7, 11) is 0. The summed E-state index contributed by atoms with van der Waals surface area (Å²) in [5.74, 6) is -0.0747. The van der Waals surface area contributed by atoms with Crippen LogP contribution >= 0.6 is 11.6 Å². The summed E-state index contributed by atoms with van der Waals surface area (Å²) in [6, 6.07) is 23.8. The van der Waals surface area contributed by atoms with Crippen LogP contribution in [0.4, 0.5) is 11.4 Å². The van der Waals surface area contributed by atoms with Gasteiger partial charge in [-0.2, -0.15) is 0 Å². The van der Waals surface area contributed by atoms with Crippen LogP contribution in [0.15, 0.2) is 90.1 Å². The molecular weight excluding hydrogens is 408 g/mol. The Bertz CT molecular complexity index is 1190.